The van der Waals surface area contributed by atoms with E-state index in [2.05, 4.69) is 16.0 Å². The Kier molecular flexibility index (Phi) is 20.0. The van der Waals surface area contributed by atoms with Gasteiger partial charge < -0.3 is 49.8 Å². The number of carbonyl (C=O) groups is 5. The number of hydrogen-bond donors (Lipinski definition) is 5. The van der Waals surface area contributed by atoms with Gasteiger partial charge in [-0.15, -0.1) is 0 Å². The number of anilines is 1. The summed E-state index contributed by atoms with van der Waals surface area (Å²) in [4.78, 5) is 60.5. The molecule has 47 heavy (non-hydrogen) atoms. The molecule has 1 aliphatic rings. The smallest absolute Gasteiger partial charge is 0.333 e. The zero-order valence-corrected chi connectivity index (χ0v) is 27.7. The first-order chi connectivity index (χ1) is 22.4. The van der Waals surface area contributed by atoms with E-state index in [1.54, 1.807) is 13.8 Å². The molecule has 0 spiro atoms. The SMILES string of the molecule is CC.[B]C(=O)OCc1ccc(NC(=O)CNC(=O)C(NC(=O)CCOCCOCCC)C(C)C)c(OC2CC(O)CC(C(=O)O)O2)c1. The van der Waals surface area contributed by atoms with Crippen LogP contribution in [0.5, 0.6) is 5.75 Å². The van der Waals surface area contributed by atoms with Crippen LogP contribution in [0.4, 0.5) is 10.5 Å². The molecule has 262 valence electrons. The second kappa shape index (κ2) is 22.7. The monoisotopic (exact) mass is 665 g/mol. The Morgan fingerprint density at radius 3 is 2.32 bits per heavy atom. The third-order valence-corrected chi connectivity index (χ3v) is 6.38. The molecule has 2 rings (SSSR count). The first-order valence-electron chi connectivity index (χ1n) is 15.7. The van der Waals surface area contributed by atoms with E-state index < -0.39 is 54.7 Å². The molecular formula is C31H48BN3O12. The van der Waals surface area contributed by atoms with Gasteiger partial charge in [0.25, 0.3) is 0 Å². The fourth-order valence-corrected chi connectivity index (χ4v) is 4.13. The van der Waals surface area contributed by atoms with Crippen molar-refractivity contribution in [3.8, 4) is 5.75 Å². The lowest BCUT2D eigenvalue weighted by Crippen LogP contribution is -2.51. The van der Waals surface area contributed by atoms with Crippen LogP contribution < -0.4 is 20.7 Å². The van der Waals surface area contributed by atoms with E-state index in [1.807, 2.05) is 20.8 Å². The molecule has 16 heteroatoms. The second-order valence-electron chi connectivity index (χ2n) is 10.6. The fourth-order valence-electron chi connectivity index (χ4n) is 4.13. The van der Waals surface area contributed by atoms with Crippen LogP contribution in [0.3, 0.4) is 0 Å². The number of rotatable bonds is 19. The van der Waals surface area contributed by atoms with Gasteiger partial charge >= 0.3 is 5.97 Å². The number of aliphatic hydroxyl groups is 1. The Morgan fingerprint density at radius 1 is 1.02 bits per heavy atom. The number of carboxylic acid groups (broad SMARTS) is 1. The van der Waals surface area contributed by atoms with Crippen molar-refractivity contribution in [3.63, 3.8) is 0 Å². The predicted octanol–water partition coefficient (Wildman–Crippen LogP) is 1.88. The van der Waals surface area contributed by atoms with Gasteiger partial charge in [-0.1, -0.05) is 40.7 Å². The molecule has 4 atom stereocenters. The third kappa shape index (κ3) is 16.6. The van der Waals surface area contributed by atoms with Crippen molar-refractivity contribution in [1.82, 2.24) is 10.6 Å². The topological polar surface area (TPSA) is 208 Å². The molecule has 4 unspecified atom stereocenters. The Balaban J connectivity index is 0.00000541. The molecule has 0 saturated carbocycles. The highest BCUT2D eigenvalue weighted by molar-refractivity contribution is 6.55. The lowest BCUT2D eigenvalue weighted by Gasteiger charge is -2.31. The van der Waals surface area contributed by atoms with Gasteiger partial charge in [-0.2, -0.15) is 0 Å². The van der Waals surface area contributed by atoms with Gasteiger partial charge in [-0.25, -0.2) is 4.79 Å². The molecule has 15 nitrogen and oxygen atoms in total. The van der Waals surface area contributed by atoms with E-state index in [1.165, 1.54) is 18.2 Å². The number of amides is 3. The van der Waals surface area contributed by atoms with Crippen LogP contribution in [-0.4, -0.2) is 105 Å². The van der Waals surface area contributed by atoms with E-state index in [9.17, 15) is 34.2 Å². The Bertz CT molecular complexity index is 1150. The summed E-state index contributed by atoms with van der Waals surface area (Å²) in [7, 11) is 5.03. The zero-order chi connectivity index (χ0) is 35.4. The quantitative estimate of drug-likeness (QED) is 0.106. The molecule has 1 fully saturated rings. The van der Waals surface area contributed by atoms with Crippen molar-refractivity contribution >= 4 is 43.1 Å². The maximum Gasteiger partial charge on any atom is 0.333 e. The number of benzene rings is 1. The number of carbonyl (C=O) groups excluding carboxylic acids is 4. The fraction of sp³-hybridized carbons (Fsp3) is 0.645. The average Bonchev–Trinajstić information content (AvgIpc) is 3.02. The van der Waals surface area contributed by atoms with Crippen LogP contribution in [0.1, 0.15) is 65.9 Å². The highest BCUT2D eigenvalue weighted by Gasteiger charge is 2.34. The van der Waals surface area contributed by atoms with Crippen LogP contribution in [0, 0.1) is 5.92 Å². The standard InChI is InChI=1S/C29H42BN3O12.C2H6/c1-4-8-41-10-11-42-9-7-23(35)33-26(17(2)3)27(37)31-15-24(36)32-20-6-5-18(16-43-29(30)40)12-21(20)44-25-14-19(34)13-22(45-25)28(38)39;1-2/h5-6,12,17,19,22,25-26,34H,4,7-11,13-16H2,1-3H3,(H,31,37)(H,32,36)(H,33,35)(H,38,39);1-2H3. The van der Waals surface area contributed by atoms with Crippen LogP contribution >= 0.6 is 0 Å². The van der Waals surface area contributed by atoms with Gasteiger partial charge in [0.15, 0.2) is 6.10 Å². The summed E-state index contributed by atoms with van der Waals surface area (Å²) >= 11 is 0. The van der Waals surface area contributed by atoms with E-state index in [-0.39, 0.29) is 55.7 Å². The van der Waals surface area contributed by atoms with E-state index in [0.29, 0.717) is 25.4 Å². The maximum absolute atomic E-state index is 12.9. The van der Waals surface area contributed by atoms with Crippen molar-refractivity contribution in [2.45, 2.75) is 91.4 Å². The summed E-state index contributed by atoms with van der Waals surface area (Å²) in [5.41, 5.74) is 0.549. The van der Waals surface area contributed by atoms with Crippen molar-refractivity contribution in [2.24, 2.45) is 5.92 Å². The Morgan fingerprint density at radius 2 is 1.70 bits per heavy atom. The minimum absolute atomic E-state index is 0.0231. The molecule has 5 N–H and O–H groups in total. The van der Waals surface area contributed by atoms with Gasteiger partial charge in [0.05, 0.1) is 38.2 Å². The summed E-state index contributed by atoms with van der Waals surface area (Å²) in [6.07, 6.45) is -2.70. The van der Waals surface area contributed by atoms with Crippen molar-refractivity contribution < 1.29 is 57.9 Å². The molecule has 0 bridgehead atoms. The molecule has 0 aromatic heterocycles. The normalized spacial score (nSPS) is 17.8. The third-order valence-electron chi connectivity index (χ3n) is 6.38. The Labute approximate surface area is 276 Å². The molecule has 2 radical (unpaired) electrons. The summed E-state index contributed by atoms with van der Waals surface area (Å²) < 4.78 is 26.7. The number of hydrogen-bond acceptors (Lipinski definition) is 11. The van der Waals surface area contributed by atoms with Crippen molar-refractivity contribution in [1.29, 1.82) is 0 Å². The lowest BCUT2D eigenvalue weighted by atomic mass is 10.0. The van der Waals surface area contributed by atoms with E-state index in [4.69, 9.17) is 31.5 Å². The minimum Gasteiger partial charge on any atom is -0.479 e. The van der Waals surface area contributed by atoms with Crippen LogP contribution in [0.25, 0.3) is 0 Å². The average molecular weight is 666 g/mol. The molecule has 1 heterocycles. The maximum atomic E-state index is 12.9. The molecule has 3 amide bonds. The molecule has 1 saturated heterocycles. The number of nitrogens with one attached hydrogen (secondary N) is 3. The molecule has 1 aromatic carbocycles. The largest absolute Gasteiger partial charge is 0.479 e. The highest BCUT2D eigenvalue weighted by Crippen LogP contribution is 2.30. The lowest BCUT2D eigenvalue weighted by molar-refractivity contribution is -0.195. The highest BCUT2D eigenvalue weighted by atomic mass is 16.7. The van der Waals surface area contributed by atoms with Gasteiger partial charge in [0.2, 0.25) is 37.7 Å². The number of ether oxygens (including phenoxy) is 5. The van der Waals surface area contributed by atoms with Gasteiger partial charge in [0, 0.05) is 25.9 Å². The summed E-state index contributed by atoms with van der Waals surface area (Å²) in [5.74, 6) is -4.13. The van der Waals surface area contributed by atoms with Crippen LogP contribution in [-0.2, 0) is 44.7 Å². The molecular weight excluding hydrogens is 617 g/mol. The molecule has 1 aromatic rings. The summed E-state index contributed by atoms with van der Waals surface area (Å²) in [6, 6.07) is 3.48. The molecule has 0 aliphatic carbocycles. The number of aliphatic carboxylic acids is 1. The zero-order valence-electron chi connectivity index (χ0n) is 27.7. The predicted molar refractivity (Wildman–Crippen MR) is 171 cm³/mol. The number of carboxylic acids is 1. The summed E-state index contributed by atoms with van der Waals surface area (Å²) in [6.45, 7) is 10.4. The van der Waals surface area contributed by atoms with Gasteiger partial charge in [-0.05, 0) is 30.0 Å². The van der Waals surface area contributed by atoms with Gasteiger partial charge in [0.1, 0.15) is 18.4 Å². The molecule has 1 aliphatic heterocycles. The van der Waals surface area contributed by atoms with Crippen molar-refractivity contribution in [3.05, 3.63) is 23.8 Å². The van der Waals surface area contributed by atoms with Crippen molar-refractivity contribution in [2.75, 3.05) is 38.3 Å². The summed E-state index contributed by atoms with van der Waals surface area (Å²) in [5, 5.41) is 27.2. The van der Waals surface area contributed by atoms with Crippen LogP contribution in [0.2, 0.25) is 0 Å². The van der Waals surface area contributed by atoms with E-state index >= 15 is 0 Å². The second-order valence-corrected chi connectivity index (χ2v) is 10.6. The first kappa shape index (κ1) is 41.3. The van der Waals surface area contributed by atoms with Gasteiger partial charge in [-0.3, -0.25) is 19.2 Å². The first-order valence-corrected chi connectivity index (χ1v) is 15.7. The minimum atomic E-state index is -1.31. The van der Waals surface area contributed by atoms with Crippen LogP contribution in [0.15, 0.2) is 18.2 Å². The van der Waals surface area contributed by atoms with E-state index in [0.717, 1.165) is 6.42 Å². The number of aliphatic hydroxyl groups excluding tert-OH is 1. The Hall–Kier alpha value is -3.73.